The van der Waals surface area contributed by atoms with Gasteiger partial charge >= 0.3 is 0 Å². The zero-order chi connectivity index (χ0) is 9.23. The number of unbranched alkanes of at least 4 members (excludes halogenated alkanes) is 3. The molecule has 0 saturated carbocycles. The molecule has 0 spiro atoms. The van der Waals surface area contributed by atoms with Gasteiger partial charge < -0.3 is 4.74 Å². The van der Waals surface area contributed by atoms with Gasteiger partial charge in [-0.3, -0.25) is 5.26 Å². The predicted octanol–water partition coefficient (Wildman–Crippen LogP) is 2.46. The third-order valence-electron chi connectivity index (χ3n) is 1.67. The van der Waals surface area contributed by atoms with E-state index in [1.807, 2.05) is 0 Å². The zero-order valence-electron chi connectivity index (χ0n) is 8.08. The standard InChI is InChI=1S/C9H20O3/c1-3-4-5-6-7-11-8-9(2)12-10/h9-10H,3-8H2,1-2H3. The Hall–Kier alpha value is -0.120. The van der Waals surface area contributed by atoms with Crippen molar-refractivity contribution in [3.8, 4) is 0 Å². The fourth-order valence-corrected chi connectivity index (χ4v) is 0.911. The molecule has 3 nitrogen and oxygen atoms in total. The maximum Gasteiger partial charge on any atom is 0.113 e. The smallest absolute Gasteiger partial charge is 0.113 e. The molecule has 0 bridgehead atoms. The predicted molar refractivity (Wildman–Crippen MR) is 48.1 cm³/mol. The Labute approximate surface area is 74.6 Å². The maximum absolute atomic E-state index is 8.20. The molecule has 3 heteroatoms. The Balaban J connectivity index is 2.90. The Morgan fingerprint density at radius 2 is 2.00 bits per heavy atom. The average Bonchev–Trinajstić information content (AvgIpc) is 2.10. The summed E-state index contributed by atoms with van der Waals surface area (Å²) in [5, 5.41) is 8.20. The lowest BCUT2D eigenvalue weighted by Crippen LogP contribution is -2.14. The van der Waals surface area contributed by atoms with Crippen LogP contribution in [0.15, 0.2) is 0 Å². The molecule has 0 rings (SSSR count). The quantitative estimate of drug-likeness (QED) is 0.351. The number of ether oxygens (including phenoxy) is 1. The summed E-state index contributed by atoms with van der Waals surface area (Å²) in [4.78, 5) is 4.05. The molecule has 0 aliphatic heterocycles. The van der Waals surface area contributed by atoms with E-state index in [2.05, 4.69) is 11.8 Å². The SMILES string of the molecule is CCCCCCOCC(C)OO. The molecule has 0 saturated heterocycles. The molecule has 12 heavy (non-hydrogen) atoms. The third-order valence-corrected chi connectivity index (χ3v) is 1.67. The highest BCUT2D eigenvalue weighted by molar-refractivity contribution is 4.44. The Kier molecular flexibility index (Phi) is 8.88. The van der Waals surface area contributed by atoms with Crippen LogP contribution in [0.4, 0.5) is 0 Å². The van der Waals surface area contributed by atoms with E-state index in [1.54, 1.807) is 6.92 Å². The highest BCUT2D eigenvalue weighted by atomic mass is 17.1. The van der Waals surface area contributed by atoms with E-state index in [9.17, 15) is 0 Å². The van der Waals surface area contributed by atoms with E-state index in [1.165, 1.54) is 19.3 Å². The van der Waals surface area contributed by atoms with Crippen LogP contribution in [-0.4, -0.2) is 24.6 Å². The van der Waals surface area contributed by atoms with Crippen molar-refractivity contribution < 1.29 is 14.9 Å². The maximum atomic E-state index is 8.20. The van der Waals surface area contributed by atoms with E-state index in [4.69, 9.17) is 9.99 Å². The Bertz CT molecular complexity index is 85.8. The van der Waals surface area contributed by atoms with Crippen LogP contribution in [0.2, 0.25) is 0 Å². The van der Waals surface area contributed by atoms with Crippen LogP contribution < -0.4 is 0 Å². The van der Waals surface area contributed by atoms with Crippen molar-refractivity contribution in [1.29, 1.82) is 0 Å². The molecular formula is C9H20O3. The first kappa shape index (κ1) is 11.9. The first-order valence-corrected chi connectivity index (χ1v) is 4.69. The van der Waals surface area contributed by atoms with Crippen LogP contribution in [0.3, 0.4) is 0 Å². The molecule has 0 aliphatic carbocycles. The molecular weight excluding hydrogens is 156 g/mol. The minimum Gasteiger partial charge on any atom is -0.379 e. The Morgan fingerprint density at radius 3 is 2.58 bits per heavy atom. The van der Waals surface area contributed by atoms with Crippen LogP contribution in [0.1, 0.15) is 39.5 Å². The topological polar surface area (TPSA) is 38.7 Å². The van der Waals surface area contributed by atoms with Crippen LogP contribution in [0.5, 0.6) is 0 Å². The molecule has 0 aliphatic rings. The van der Waals surface area contributed by atoms with E-state index in [0.717, 1.165) is 13.0 Å². The summed E-state index contributed by atoms with van der Waals surface area (Å²) in [5.74, 6) is 0. The van der Waals surface area contributed by atoms with Gasteiger partial charge in [-0.05, 0) is 13.3 Å². The van der Waals surface area contributed by atoms with Gasteiger partial charge in [0.1, 0.15) is 6.10 Å². The van der Waals surface area contributed by atoms with Crippen molar-refractivity contribution in [3.63, 3.8) is 0 Å². The molecule has 0 radical (unpaired) electrons. The van der Waals surface area contributed by atoms with Gasteiger partial charge in [0, 0.05) is 6.61 Å². The van der Waals surface area contributed by atoms with E-state index in [0.29, 0.717) is 6.61 Å². The monoisotopic (exact) mass is 176 g/mol. The van der Waals surface area contributed by atoms with Crippen molar-refractivity contribution in [1.82, 2.24) is 0 Å². The Morgan fingerprint density at radius 1 is 1.25 bits per heavy atom. The van der Waals surface area contributed by atoms with Crippen LogP contribution in [0, 0.1) is 0 Å². The second-order valence-corrected chi connectivity index (χ2v) is 3.05. The van der Waals surface area contributed by atoms with Gasteiger partial charge in [0.15, 0.2) is 0 Å². The normalized spacial score (nSPS) is 13.2. The second kappa shape index (κ2) is 8.97. The van der Waals surface area contributed by atoms with Gasteiger partial charge in [0.2, 0.25) is 0 Å². The molecule has 1 atom stereocenters. The van der Waals surface area contributed by atoms with Crippen LogP contribution in [-0.2, 0) is 9.62 Å². The summed E-state index contributed by atoms with van der Waals surface area (Å²) in [6.45, 7) is 5.20. The lowest BCUT2D eigenvalue weighted by Gasteiger charge is -2.07. The average molecular weight is 176 g/mol. The molecule has 0 fully saturated rings. The molecule has 0 heterocycles. The molecule has 0 aromatic heterocycles. The summed E-state index contributed by atoms with van der Waals surface area (Å²) in [6, 6.07) is 0. The van der Waals surface area contributed by atoms with Gasteiger partial charge in [-0.25, -0.2) is 4.89 Å². The van der Waals surface area contributed by atoms with Crippen LogP contribution in [0.25, 0.3) is 0 Å². The van der Waals surface area contributed by atoms with Gasteiger partial charge in [0.05, 0.1) is 6.61 Å². The van der Waals surface area contributed by atoms with Gasteiger partial charge in [-0.1, -0.05) is 26.2 Å². The van der Waals surface area contributed by atoms with Crippen molar-refractivity contribution in [2.45, 2.75) is 45.6 Å². The molecule has 74 valence electrons. The molecule has 1 unspecified atom stereocenters. The van der Waals surface area contributed by atoms with Gasteiger partial charge in [-0.15, -0.1) is 0 Å². The number of rotatable bonds is 8. The van der Waals surface area contributed by atoms with E-state index in [-0.39, 0.29) is 6.10 Å². The van der Waals surface area contributed by atoms with Crippen LogP contribution >= 0.6 is 0 Å². The summed E-state index contributed by atoms with van der Waals surface area (Å²) < 4.78 is 5.25. The van der Waals surface area contributed by atoms with Gasteiger partial charge in [0.25, 0.3) is 0 Å². The summed E-state index contributed by atoms with van der Waals surface area (Å²) in [6.07, 6.45) is 4.64. The van der Waals surface area contributed by atoms with Gasteiger partial charge in [-0.2, -0.15) is 0 Å². The third kappa shape index (κ3) is 7.98. The van der Waals surface area contributed by atoms with Crippen molar-refractivity contribution in [3.05, 3.63) is 0 Å². The summed E-state index contributed by atoms with van der Waals surface area (Å²) in [5.41, 5.74) is 0. The summed E-state index contributed by atoms with van der Waals surface area (Å²) >= 11 is 0. The second-order valence-electron chi connectivity index (χ2n) is 3.05. The fraction of sp³-hybridized carbons (Fsp3) is 1.00. The lowest BCUT2D eigenvalue weighted by molar-refractivity contribution is -0.282. The molecule has 0 aromatic carbocycles. The summed E-state index contributed by atoms with van der Waals surface area (Å²) in [7, 11) is 0. The lowest BCUT2D eigenvalue weighted by atomic mass is 10.2. The van der Waals surface area contributed by atoms with Crippen molar-refractivity contribution in [2.24, 2.45) is 0 Å². The van der Waals surface area contributed by atoms with Crippen molar-refractivity contribution in [2.75, 3.05) is 13.2 Å². The van der Waals surface area contributed by atoms with E-state index < -0.39 is 0 Å². The minimum absolute atomic E-state index is 0.212. The first-order chi connectivity index (χ1) is 5.81. The molecule has 0 amide bonds. The largest absolute Gasteiger partial charge is 0.379 e. The minimum atomic E-state index is -0.212. The number of hydrogen-bond donors (Lipinski definition) is 1. The first-order valence-electron chi connectivity index (χ1n) is 4.69. The fourth-order valence-electron chi connectivity index (χ4n) is 0.911. The highest BCUT2D eigenvalue weighted by Crippen LogP contribution is 1.99. The van der Waals surface area contributed by atoms with E-state index >= 15 is 0 Å². The van der Waals surface area contributed by atoms with Crippen molar-refractivity contribution >= 4 is 0 Å². The molecule has 0 aromatic rings. The zero-order valence-corrected chi connectivity index (χ0v) is 8.08. The highest BCUT2D eigenvalue weighted by Gasteiger charge is 1.99. The number of hydrogen-bond acceptors (Lipinski definition) is 3. The molecule has 1 N–H and O–H groups in total.